The Morgan fingerprint density at radius 3 is 2.32 bits per heavy atom. The minimum absolute atomic E-state index is 0.372. The molecule has 1 fully saturated rings. The van der Waals surface area contributed by atoms with Gasteiger partial charge in [0.25, 0.3) is 0 Å². The molecule has 0 bridgehead atoms. The zero-order valence-electron chi connectivity index (χ0n) is 15.6. The number of rotatable bonds is 6. The van der Waals surface area contributed by atoms with Crippen molar-refractivity contribution in [2.24, 2.45) is 5.92 Å². The summed E-state index contributed by atoms with van der Waals surface area (Å²) in [5.74, 6) is 1.27. The van der Waals surface area contributed by atoms with E-state index in [9.17, 15) is 4.39 Å². The van der Waals surface area contributed by atoms with Gasteiger partial charge in [-0.1, -0.05) is 62.9 Å². The van der Waals surface area contributed by atoms with Crippen LogP contribution in [0.3, 0.4) is 0 Å². The molecule has 134 valence electrons. The van der Waals surface area contributed by atoms with Crippen LogP contribution < -0.4 is 0 Å². The Bertz CT molecular complexity index is 669. The molecule has 1 saturated carbocycles. The number of benzene rings is 1. The molecule has 1 nitrogen and oxygen atoms in total. The van der Waals surface area contributed by atoms with Crippen LogP contribution in [0.1, 0.15) is 75.3 Å². The summed E-state index contributed by atoms with van der Waals surface area (Å²) in [5, 5.41) is 0. The first kappa shape index (κ1) is 18.1. The molecule has 1 aliphatic carbocycles. The third kappa shape index (κ3) is 4.68. The number of hydrogen-bond donors (Lipinski definition) is 0. The Labute approximate surface area is 151 Å². The van der Waals surface area contributed by atoms with Gasteiger partial charge in [-0.3, -0.25) is 0 Å². The quantitative estimate of drug-likeness (QED) is 0.406. The van der Waals surface area contributed by atoms with Crippen molar-refractivity contribution in [3.05, 3.63) is 53.5 Å². The van der Waals surface area contributed by atoms with Crippen LogP contribution >= 0.6 is 0 Å². The van der Waals surface area contributed by atoms with Gasteiger partial charge in [0.2, 0.25) is 5.95 Å². The fraction of sp³-hybridized carbons (Fsp3) is 0.522. The van der Waals surface area contributed by atoms with Crippen molar-refractivity contribution in [3.63, 3.8) is 0 Å². The normalized spacial score (nSPS) is 20.6. The maximum Gasteiger partial charge on any atom is 0.216 e. The zero-order chi connectivity index (χ0) is 17.6. The van der Waals surface area contributed by atoms with E-state index in [1.807, 2.05) is 6.07 Å². The molecule has 0 spiro atoms. The monoisotopic (exact) mass is 339 g/mol. The first-order valence-electron chi connectivity index (χ1n) is 9.91. The molecule has 0 atom stereocenters. The van der Waals surface area contributed by atoms with Gasteiger partial charge in [0.05, 0.1) is 5.69 Å². The molecule has 1 heterocycles. The lowest BCUT2D eigenvalue weighted by Crippen LogP contribution is -2.13. The number of hydrogen-bond acceptors (Lipinski definition) is 1. The van der Waals surface area contributed by atoms with E-state index in [0.29, 0.717) is 17.2 Å². The highest BCUT2D eigenvalue weighted by Crippen LogP contribution is 2.38. The number of aryl methyl sites for hydroxylation is 1. The predicted octanol–water partition coefficient (Wildman–Crippen LogP) is 7.05. The van der Waals surface area contributed by atoms with Crippen LogP contribution in [0.2, 0.25) is 0 Å². The van der Waals surface area contributed by atoms with Crippen molar-refractivity contribution < 1.29 is 4.39 Å². The minimum atomic E-state index is -0.372. The van der Waals surface area contributed by atoms with Crippen LogP contribution in [-0.4, -0.2) is 4.98 Å². The fourth-order valence-corrected chi connectivity index (χ4v) is 4.06. The van der Waals surface area contributed by atoms with Crippen LogP contribution in [0.25, 0.3) is 11.3 Å². The Balaban J connectivity index is 1.59. The summed E-state index contributed by atoms with van der Waals surface area (Å²) in [6, 6.07) is 12.3. The minimum Gasteiger partial charge on any atom is -0.219 e. The molecule has 0 radical (unpaired) electrons. The van der Waals surface area contributed by atoms with Crippen molar-refractivity contribution >= 4 is 0 Å². The number of nitrogens with zero attached hydrogens (tertiary/aromatic N) is 1. The van der Waals surface area contributed by atoms with Crippen LogP contribution in [0, 0.1) is 18.8 Å². The van der Waals surface area contributed by atoms with E-state index in [-0.39, 0.29) is 5.95 Å². The summed E-state index contributed by atoms with van der Waals surface area (Å²) in [6.07, 6.45) is 10.9. The van der Waals surface area contributed by atoms with Gasteiger partial charge >= 0.3 is 0 Å². The van der Waals surface area contributed by atoms with E-state index in [1.165, 1.54) is 56.9 Å². The highest BCUT2D eigenvalue weighted by Gasteiger charge is 2.22. The molecule has 1 aromatic heterocycles. The fourth-order valence-electron chi connectivity index (χ4n) is 4.06. The van der Waals surface area contributed by atoms with Crippen LogP contribution in [0.4, 0.5) is 4.39 Å². The summed E-state index contributed by atoms with van der Waals surface area (Å²) in [5.41, 5.74) is 3.74. The third-order valence-corrected chi connectivity index (χ3v) is 5.78. The largest absolute Gasteiger partial charge is 0.219 e. The number of aromatic nitrogens is 1. The smallest absolute Gasteiger partial charge is 0.216 e. The van der Waals surface area contributed by atoms with Crippen LogP contribution in [0.15, 0.2) is 36.4 Å². The lowest BCUT2D eigenvalue weighted by atomic mass is 9.77. The second-order valence-electron chi connectivity index (χ2n) is 7.64. The topological polar surface area (TPSA) is 12.9 Å². The molecule has 2 aromatic rings. The third-order valence-electron chi connectivity index (χ3n) is 5.78. The van der Waals surface area contributed by atoms with Gasteiger partial charge in [-0.05, 0) is 56.1 Å². The van der Waals surface area contributed by atoms with Crippen LogP contribution in [-0.2, 0) is 0 Å². The van der Waals surface area contributed by atoms with Gasteiger partial charge in [0.15, 0.2) is 0 Å². The maximum absolute atomic E-state index is 13.7. The van der Waals surface area contributed by atoms with Gasteiger partial charge in [-0.15, -0.1) is 0 Å². The van der Waals surface area contributed by atoms with E-state index < -0.39 is 0 Å². The second-order valence-corrected chi connectivity index (χ2v) is 7.64. The molecular weight excluding hydrogens is 309 g/mol. The van der Waals surface area contributed by atoms with E-state index in [2.05, 4.69) is 36.2 Å². The summed E-state index contributed by atoms with van der Waals surface area (Å²) in [7, 11) is 0. The summed E-state index contributed by atoms with van der Waals surface area (Å²) in [6.45, 7) is 4.02. The maximum atomic E-state index is 13.7. The van der Waals surface area contributed by atoms with Crippen molar-refractivity contribution in [2.75, 3.05) is 0 Å². The molecule has 0 aliphatic heterocycles. The van der Waals surface area contributed by atoms with E-state index in [0.717, 1.165) is 11.5 Å². The van der Waals surface area contributed by atoms with E-state index in [1.54, 1.807) is 13.0 Å². The van der Waals surface area contributed by atoms with Crippen molar-refractivity contribution in [1.29, 1.82) is 0 Å². The lowest BCUT2D eigenvalue weighted by Gasteiger charge is -2.29. The molecule has 0 unspecified atom stereocenters. The Morgan fingerprint density at radius 1 is 0.960 bits per heavy atom. The number of unbranched alkanes of at least 4 members (excludes halogenated alkanes) is 2. The lowest BCUT2D eigenvalue weighted by molar-refractivity contribution is 0.303. The van der Waals surface area contributed by atoms with E-state index >= 15 is 0 Å². The standard InChI is InChI=1S/C23H30FN/c1-3-4-5-6-18-8-10-19(11-9-18)20-12-14-21(15-13-20)22-16-7-17(2)23(24)25-22/h7,12-16,18-19H,3-6,8-11H2,1-2H3. The zero-order valence-corrected chi connectivity index (χ0v) is 15.6. The predicted molar refractivity (Wildman–Crippen MR) is 103 cm³/mol. The summed E-state index contributed by atoms with van der Waals surface area (Å²) >= 11 is 0. The van der Waals surface area contributed by atoms with Gasteiger partial charge in [0.1, 0.15) is 0 Å². The average molecular weight is 339 g/mol. The molecule has 3 rings (SSSR count). The molecule has 0 N–H and O–H groups in total. The second kappa shape index (κ2) is 8.60. The molecule has 25 heavy (non-hydrogen) atoms. The average Bonchev–Trinajstić information content (AvgIpc) is 2.65. The Kier molecular flexibility index (Phi) is 6.23. The van der Waals surface area contributed by atoms with E-state index in [4.69, 9.17) is 0 Å². The first-order chi connectivity index (χ1) is 12.2. The van der Waals surface area contributed by atoms with Gasteiger partial charge in [0, 0.05) is 11.1 Å². The van der Waals surface area contributed by atoms with Gasteiger partial charge in [-0.2, -0.15) is 4.39 Å². The highest BCUT2D eigenvalue weighted by molar-refractivity contribution is 5.59. The molecular formula is C23H30FN. The van der Waals surface area contributed by atoms with Crippen LogP contribution in [0.5, 0.6) is 0 Å². The Morgan fingerprint density at radius 2 is 1.68 bits per heavy atom. The molecule has 0 amide bonds. The number of halogens is 1. The molecule has 1 aromatic carbocycles. The molecule has 0 saturated heterocycles. The van der Waals surface area contributed by atoms with Gasteiger partial charge < -0.3 is 0 Å². The van der Waals surface area contributed by atoms with Gasteiger partial charge in [-0.25, -0.2) is 4.98 Å². The Hall–Kier alpha value is -1.70. The van der Waals surface area contributed by atoms with Crippen molar-refractivity contribution in [2.45, 2.75) is 71.1 Å². The summed E-state index contributed by atoms with van der Waals surface area (Å²) < 4.78 is 13.7. The SMILES string of the molecule is CCCCCC1CCC(c2ccc(-c3ccc(C)c(F)n3)cc2)CC1. The molecule has 1 aliphatic rings. The highest BCUT2D eigenvalue weighted by atomic mass is 19.1. The van der Waals surface area contributed by atoms with Crippen molar-refractivity contribution in [1.82, 2.24) is 4.98 Å². The molecule has 2 heteroatoms. The first-order valence-corrected chi connectivity index (χ1v) is 9.91. The van der Waals surface area contributed by atoms with Crippen molar-refractivity contribution in [3.8, 4) is 11.3 Å². The number of pyridine rings is 1. The summed E-state index contributed by atoms with van der Waals surface area (Å²) in [4.78, 5) is 4.06.